The quantitative estimate of drug-likeness (QED) is 0.488. The van der Waals surface area contributed by atoms with Gasteiger partial charge in [-0.15, -0.1) is 0 Å². The van der Waals surface area contributed by atoms with Gasteiger partial charge in [0.15, 0.2) is 6.29 Å². The number of methoxy groups -OCH3 is 1. The normalized spacial score (nSPS) is 22.6. The van der Waals surface area contributed by atoms with Crippen molar-refractivity contribution in [3.63, 3.8) is 0 Å². The van der Waals surface area contributed by atoms with E-state index in [1.807, 2.05) is 6.07 Å². The van der Waals surface area contributed by atoms with Crippen LogP contribution in [0.15, 0.2) is 35.2 Å². The first-order valence-corrected chi connectivity index (χ1v) is 14.0. The zero-order valence-corrected chi connectivity index (χ0v) is 21.2. The molecule has 0 radical (unpaired) electrons. The predicted molar refractivity (Wildman–Crippen MR) is 132 cm³/mol. The number of anilines is 1. The second-order valence-electron chi connectivity index (χ2n) is 9.66. The molecule has 10 heteroatoms. The third-order valence-corrected chi connectivity index (χ3v) is 8.84. The monoisotopic (exact) mass is 520 g/mol. The minimum absolute atomic E-state index is 0.0195. The number of rotatable bonds is 9. The van der Waals surface area contributed by atoms with E-state index in [0.29, 0.717) is 30.9 Å². The number of sulfonamides is 1. The molecule has 3 aliphatic heterocycles. The van der Waals surface area contributed by atoms with Gasteiger partial charge < -0.3 is 24.2 Å². The van der Waals surface area contributed by atoms with Crippen LogP contribution in [-0.2, 0) is 25.9 Å². The fraction of sp³-hybridized carbons (Fsp3) is 0.538. The molecule has 0 bridgehead atoms. The van der Waals surface area contributed by atoms with Crippen LogP contribution in [0.5, 0.6) is 5.75 Å². The summed E-state index contributed by atoms with van der Waals surface area (Å²) in [5, 5.41) is 10.7. The van der Waals surface area contributed by atoms with Crippen LogP contribution in [0.2, 0.25) is 0 Å². The van der Waals surface area contributed by atoms with Crippen LogP contribution in [0.25, 0.3) is 0 Å². The SMILES string of the molecule is COC(O)c1c(NS(=O)(=O)c2ccc(F)cc2CCCN2CCCC2)ccc2c1OCC1OCCC21. The molecule has 0 amide bonds. The zero-order chi connectivity index (χ0) is 25.3. The first-order chi connectivity index (χ1) is 17.4. The highest BCUT2D eigenvalue weighted by molar-refractivity contribution is 7.92. The van der Waals surface area contributed by atoms with Crippen molar-refractivity contribution in [1.29, 1.82) is 0 Å². The number of likely N-dealkylation sites (tertiary alicyclic amines) is 1. The summed E-state index contributed by atoms with van der Waals surface area (Å²) < 4.78 is 60.6. The average Bonchev–Trinajstić information content (AvgIpc) is 3.55. The Balaban J connectivity index is 1.44. The van der Waals surface area contributed by atoms with Crippen molar-refractivity contribution < 1.29 is 32.1 Å². The van der Waals surface area contributed by atoms with E-state index >= 15 is 0 Å². The summed E-state index contributed by atoms with van der Waals surface area (Å²) in [5.41, 5.74) is 1.67. The number of ether oxygens (including phenoxy) is 3. The minimum Gasteiger partial charge on any atom is -0.490 e. The van der Waals surface area contributed by atoms with Gasteiger partial charge in [0, 0.05) is 25.2 Å². The van der Waals surface area contributed by atoms with Crippen molar-refractivity contribution in [2.45, 2.75) is 55.3 Å². The van der Waals surface area contributed by atoms with E-state index in [0.717, 1.165) is 44.1 Å². The number of nitrogens with zero attached hydrogens (tertiary/aromatic N) is 1. The zero-order valence-electron chi connectivity index (χ0n) is 20.4. The first-order valence-electron chi connectivity index (χ1n) is 12.5. The molecular weight excluding hydrogens is 487 g/mol. The van der Waals surface area contributed by atoms with Crippen LogP contribution < -0.4 is 9.46 Å². The first kappa shape index (κ1) is 25.4. The molecule has 0 spiro atoms. The Morgan fingerprint density at radius 1 is 1.25 bits per heavy atom. The van der Waals surface area contributed by atoms with Crippen LogP contribution in [0.4, 0.5) is 10.1 Å². The van der Waals surface area contributed by atoms with E-state index in [9.17, 15) is 17.9 Å². The van der Waals surface area contributed by atoms with Crippen molar-refractivity contribution in [2.75, 3.05) is 44.7 Å². The topological polar surface area (TPSA) is 97.3 Å². The van der Waals surface area contributed by atoms with Gasteiger partial charge in [0.05, 0.1) is 22.3 Å². The third kappa shape index (κ3) is 5.10. The summed E-state index contributed by atoms with van der Waals surface area (Å²) in [7, 11) is -2.76. The van der Waals surface area contributed by atoms with E-state index < -0.39 is 22.1 Å². The molecule has 2 N–H and O–H groups in total. The van der Waals surface area contributed by atoms with Crippen LogP contribution in [0, 0.1) is 5.82 Å². The van der Waals surface area contributed by atoms with Crippen LogP contribution in [0.3, 0.4) is 0 Å². The lowest BCUT2D eigenvalue weighted by atomic mass is 9.88. The molecular formula is C26H33FN2O6S. The number of aliphatic hydroxyl groups excluding tert-OH is 1. The summed E-state index contributed by atoms with van der Waals surface area (Å²) in [4.78, 5) is 2.36. The van der Waals surface area contributed by atoms with Crippen molar-refractivity contribution >= 4 is 15.7 Å². The fourth-order valence-electron chi connectivity index (χ4n) is 5.56. The van der Waals surface area contributed by atoms with E-state index in [-0.39, 0.29) is 28.2 Å². The molecule has 0 aromatic heterocycles. The maximum atomic E-state index is 14.1. The smallest absolute Gasteiger partial charge is 0.262 e. The summed E-state index contributed by atoms with van der Waals surface area (Å²) >= 11 is 0. The maximum absolute atomic E-state index is 14.1. The van der Waals surface area contributed by atoms with Gasteiger partial charge in [-0.05, 0) is 81.6 Å². The van der Waals surface area contributed by atoms with Gasteiger partial charge in [-0.3, -0.25) is 4.72 Å². The number of halogens is 1. The molecule has 8 nitrogen and oxygen atoms in total. The summed E-state index contributed by atoms with van der Waals surface area (Å²) in [5.74, 6) is 0.0545. The number of aliphatic hydroxyl groups is 1. The molecule has 36 heavy (non-hydrogen) atoms. The molecule has 2 fully saturated rings. The second-order valence-corrected chi connectivity index (χ2v) is 11.3. The number of benzene rings is 2. The molecule has 2 saturated heterocycles. The number of hydrogen-bond acceptors (Lipinski definition) is 7. The molecule has 3 aliphatic rings. The lowest BCUT2D eigenvalue weighted by Crippen LogP contribution is -2.29. The molecule has 2 aromatic carbocycles. The Hall–Kier alpha value is -2.24. The van der Waals surface area contributed by atoms with E-state index in [4.69, 9.17) is 14.2 Å². The summed E-state index contributed by atoms with van der Waals surface area (Å²) in [6.45, 7) is 3.89. The molecule has 196 valence electrons. The minimum atomic E-state index is -4.10. The van der Waals surface area contributed by atoms with Crippen LogP contribution in [0.1, 0.15) is 54.6 Å². The van der Waals surface area contributed by atoms with Crippen molar-refractivity contribution in [3.8, 4) is 5.75 Å². The van der Waals surface area contributed by atoms with Crippen molar-refractivity contribution in [1.82, 2.24) is 4.90 Å². The van der Waals surface area contributed by atoms with Gasteiger partial charge in [0.25, 0.3) is 10.0 Å². The lowest BCUT2D eigenvalue weighted by molar-refractivity contribution is -0.0786. The maximum Gasteiger partial charge on any atom is 0.262 e. The molecule has 5 rings (SSSR count). The molecule has 0 aliphatic carbocycles. The molecule has 0 saturated carbocycles. The molecule has 3 atom stereocenters. The Kier molecular flexibility index (Phi) is 7.50. The average molecular weight is 521 g/mol. The van der Waals surface area contributed by atoms with Gasteiger partial charge in [-0.1, -0.05) is 6.07 Å². The number of nitrogens with one attached hydrogen (secondary N) is 1. The molecule has 3 heterocycles. The Labute approximate surface area is 211 Å². The highest BCUT2D eigenvalue weighted by atomic mass is 32.2. The number of fused-ring (bicyclic) bond motifs is 3. The van der Waals surface area contributed by atoms with Crippen LogP contribution in [-0.4, -0.2) is 64.5 Å². The fourth-order valence-corrected chi connectivity index (χ4v) is 6.89. The lowest BCUT2D eigenvalue weighted by Gasteiger charge is -2.31. The Morgan fingerprint density at radius 3 is 2.83 bits per heavy atom. The van der Waals surface area contributed by atoms with Gasteiger partial charge in [0.1, 0.15) is 18.2 Å². The second kappa shape index (κ2) is 10.6. The van der Waals surface area contributed by atoms with E-state index in [2.05, 4.69) is 9.62 Å². The van der Waals surface area contributed by atoms with Gasteiger partial charge in [-0.25, -0.2) is 12.8 Å². The van der Waals surface area contributed by atoms with E-state index in [1.54, 1.807) is 6.07 Å². The highest BCUT2D eigenvalue weighted by Crippen LogP contribution is 2.46. The highest BCUT2D eigenvalue weighted by Gasteiger charge is 2.39. The Morgan fingerprint density at radius 2 is 2.06 bits per heavy atom. The van der Waals surface area contributed by atoms with Gasteiger partial charge in [-0.2, -0.15) is 0 Å². The van der Waals surface area contributed by atoms with Gasteiger partial charge >= 0.3 is 0 Å². The number of aryl methyl sites for hydroxylation is 1. The Bertz CT molecular complexity index is 1200. The summed E-state index contributed by atoms with van der Waals surface area (Å²) in [6.07, 6.45) is 2.89. The van der Waals surface area contributed by atoms with Crippen molar-refractivity contribution in [2.24, 2.45) is 0 Å². The van der Waals surface area contributed by atoms with Gasteiger partial charge in [0.2, 0.25) is 0 Å². The predicted octanol–water partition coefficient (Wildman–Crippen LogP) is 3.56. The summed E-state index contributed by atoms with van der Waals surface area (Å²) in [6, 6.07) is 7.17. The molecule has 2 aromatic rings. The van der Waals surface area contributed by atoms with Crippen LogP contribution >= 0.6 is 0 Å². The number of hydrogen-bond donors (Lipinski definition) is 2. The van der Waals surface area contributed by atoms with E-state index in [1.165, 1.54) is 32.1 Å². The standard InChI is InChI=1S/C26H33FN2O6S/c1-33-26(30)24-21(8-7-20-19-10-14-34-22(19)16-35-25(20)24)28-36(31,32)23-9-6-18(27)15-17(23)5-4-13-29-11-2-3-12-29/h6-9,15,19,22,26,28,30H,2-5,10-14,16H2,1H3. The largest absolute Gasteiger partial charge is 0.490 e. The molecule has 3 unspecified atom stereocenters. The van der Waals surface area contributed by atoms with Crippen molar-refractivity contribution in [3.05, 3.63) is 52.8 Å². The third-order valence-electron chi connectivity index (χ3n) is 7.37.